The van der Waals surface area contributed by atoms with E-state index in [-0.39, 0.29) is 23.8 Å². The zero-order valence-electron chi connectivity index (χ0n) is 20.4. The number of nitrogens with zero attached hydrogens (tertiary/aromatic N) is 6. The predicted octanol–water partition coefficient (Wildman–Crippen LogP) is 2.99. The number of aliphatic hydroxyl groups is 1. The number of oxazole rings is 1. The largest absolute Gasteiger partial charge is 0.435 e. The Hall–Kier alpha value is -3.79. The monoisotopic (exact) mass is 500 g/mol. The Morgan fingerprint density at radius 2 is 1.76 bits per heavy atom. The van der Waals surface area contributed by atoms with Crippen LogP contribution in [0, 0.1) is 0 Å². The van der Waals surface area contributed by atoms with Gasteiger partial charge in [0.1, 0.15) is 11.7 Å². The molecule has 3 aliphatic rings. The highest BCUT2D eigenvalue weighted by Gasteiger charge is 2.36. The Kier molecular flexibility index (Phi) is 5.07. The number of rotatable bonds is 6. The summed E-state index contributed by atoms with van der Waals surface area (Å²) in [5, 5.41) is 16.1. The molecule has 0 atom stereocenters. The van der Waals surface area contributed by atoms with Crippen LogP contribution < -0.4 is 5.56 Å². The van der Waals surface area contributed by atoms with Crippen molar-refractivity contribution in [2.45, 2.75) is 62.5 Å². The second-order valence-corrected chi connectivity index (χ2v) is 10.7. The minimum absolute atomic E-state index is 0.103. The minimum atomic E-state index is -1.12. The second kappa shape index (κ2) is 8.37. The molecule has 0 radical (unpaired) electrons. The van der Waals surface area contributed by atoms with Crippen LogP contribution in [-0.4, -0.2) is 58.9 Å². The number of hydrogen-bond donors (Lipinski definition) is 1. The van der Waals surface area contributed by atoms with E-state index in [1.54, 1.807) is 9.58 Å². The number of fused-ring (bicyclic) bond motifs is 1. The van der Waals surface area contributed by atoms with Crippen molar-refractivity contribution in [2.24, 2.45) is 0 Å². The number of aromatic nitrogens is 5. The van der Waals surface area contributed by atoms with Gasteiger partial charge in [-0.15, -0.1) is 0 Å². The number of amides is 1. The highest BCUT2D eigenvalue weighted by molar-refractivity contribution is 5.91. The molecule has 1 N–H and O–H groups in total. The van der Waals surface area contributed by atoms with Gasteiger partial charge in [-0.05, 0) is 62.1 Å². The molecular weight excluding hydrogens is 472 g/mol. The molecule has 1 amide bonds. The topological polar surface area (TPSA) is 119 Å². The van der Waals surface area contributed by atoms with Crippen LogP contribution in [0.2, 0.25) is 0 Å². The van der Waals surface area contributed by atoms with Crippen LogP contribution in [0.3, 0.4) is 0 Å². The van der Waals surface area contributed by atoms with Gasteiger partial charge in [-0.25, -0.2) is 14.6 Å². The molecule has 0 spiro atoms. The molecule has 0 unspecified atom stereocenters. The summed E-state index contributed by atoms with van der Waals surface area (Å²) < 4.78 is 8.77. The molecule has 4 aromatic rings. The van der Waals surface area contributed by atoms with E-state index in [1.165, 1.54) is 41.7 Å². The van der Waals surface area contributed by atoms with Crippen molar-refractivity contribution in [2.75, 3.05) is 13.1 Å². The molecule has 37 heavy (non-hydrogen) atoms. The fourth-order valence-electron chi connectivity index (χ4n) is 5.22. The van der Waals surface area contributed by atoms with Gasteiger partial charge in [-0.1, -0.05) is 12.1 Å². The average Bonchev–Trinajstić information content (AvgIpc) is 3.85. The zero-order valence-corrected chi connectivity index (χ0v) is 20.4. The lowest BCUT2D eigenvalue weighted by Gasteiger charge is -2.38. The molecule has 4 heterocycles. The summed E-state index contributed by atoms with van der Waals surface area (Å²) in [7, 11) is 0. The molecule has 1 aromatic carbocycles. The number of benzene rings is 1. The highest BCUT2D eigenvalue weighted by Crippen LogP contribution is 2.40. The van der Waals surface area contributed by atoms with Crippen LogP contribution in [0.4, 0.5) is 0 Å². The lowest BCUT2D eigenvalue weighted by molar-refractivity contribution is -0.0304. The van der Waals surface area contributed by atoms with Gasteiger partial charge in [0.15, 0.2) is 11.5 Å². The number of likely N-dealkylation sites (tertiary alicyclic amines) is 1. The molecule has 3 fully saturated rings. The smallest absolute Gasteiger partial charge is 0.291 e. The lowest BCUT2D eigenvalue weighted by Crippen LogP contribution is -2.49. The fourth-order valence-corrected chi connectivity index (χ4v) is 5.22. The molecule has 2 saturated carbocycles. The lowest BCUT2D eigenvalue weighted by atomic mass is 9.91. The maximum Gasteiger partial charge on any atom is 0.291 e. The normalized spacial score (nSPS) is 19.4. The Morgan fingerprint density at radius 1 is 1.03 bits per heavy atom. The highest BCUT2D eigenvalue weighted by atomic mass is 16.4. The number of hydrogen-bond acceptors (Lipinski definition) is 7. The summed E-state index contributed by atoms with van der Waals surface area (Å²) in [5.74, 6) is 1.69. The van der Waals surface area contributed by atoms with Gasteiger partial charge in [0, 0.05) is 19.0 Å². The summed E-state index contributed by atoms with van der Waals surface area (Å²) >= 11 is 0. The third-order valence-electron chi connectivity index (χ3n) is 7.85. The van der Waals surface area contributed by atoms with Gasteiger partial charge < -0.3 is 14.4 Å². The van der Waals surface area contributed by atoms with Crippen LogP contribution in [-0.2, 0) is 6.54 Å². The predicted molar refractivity (Wildman–Crippen MR) is 134 cm³/mol. The van der Waals surface area contributed by atoms with Gasteiger partial charge in [-0.3, -0.25) is 14.2 Å². The standard InChI is InChI=1S/C27H28N6O4/c34-25-21-13-30-33(20-7-5-18(6-8-20)17-1-2-17)23(21)29-16-32(25)15-27(36)9-11-31(12-10-27)26(35)22-14-28-24(37-22)19-3-4-19/h5-8,13-14,16-17,19,36H,1-4,9-12,15H2. The van der Waals surface area contributed by atoms with Crippen LogP contribution in [0.15, 0.2) is 52.2 Å². The van der Waals surface area contributed by atoms with Crippen molar-refractivity contribution < 1.29 is 14.3 Å². The zero-order chi connectivity index (χ0) is 25.1. The number of carbonyl (C=O) groups is 1. The first-order chi connectivity index (χ1) is 18.0. The van der Waals surface area contributed by atoms with E-state index in [1.807, 2.05) is 12.1 Å². The Balaban J connectivity index is 1.05. The Labute approximate surface area is 212 Å². The molecular formula is C27H28N6O4. The molecule has 7 rings (SSSR count). The van der Waals surface area contributed by atoms with Crippen molar-refractivity contribution >= 4 is 16.9 Å². The van der Waals surface area contributed by atoms with Crippen molar-refractivity contribution in [1.29, 1.82) is 0 Å². The summed E-state index contributed by atoms with van der Waals surface area (Å²) in [6.07, 6.45) is 9.80. The average molecular weight is 501 g/mol. The molecule has 10 heteroatoms. The summed E-state index contributed by atoms with van der Waals surface area (Å²) in [5.41, 5.74) is 1.32. The van der Waals surface area contributed by atoms with Crippen molar-refractivity contribution in [3.05, 3.63) is 70.6 Å². The van der Waals surface area contributed by atoms with Crippen LogP contribution in [0.1, 0.15) is 72.4 Å². The van der Waals surface area contributed by atoms with E-state index in [4.69, 9.17) is 4.42 Å². The Morgan fingerprint density at radius 3 is 2.46 bits per heavy atom. The Bertz CT molecular complexity index is 1540. The SMILES string of the molecule is O=C(c1cnc(C2CC2)o1)N1CCC(O)(Cn2cnc3c(cnn3-c3ccc(C4CC4)cc3)c2=O)CC1. The minimum Gasteiger partial charge on any atom is -0.435 e. The van der Waals surface area contributed by atoms with Gasteiger partial charge in [0.2, 0.25) is 5.76 Å². The second-order valence-electron chi connectivity index (χ2n) is 10.7. The summed E-state index contributed by atoms with van der Waals surface area (Å²) in [6.45, 7) is 0.841. The van der Waals surface area contributed by atoms with E-state index < -0.39 is 5.60 Å². The third kappa shape index (κ3) is 4.15. The van der Waals surface area contributed by atoms with Crippen LogP contribution in [0.25, 0.3) is 16.7 Å². The maximum atomic E-state index is 13.2. The van der Waals surface area contributed by atoms with Gasteiger partial charge in [-0.2, -0.15) is 5.10 Å². The molecule has 10 nitrogen and oxygen atoms in total. The molecule has 1 saturated heterocycles. The van der Waals surface area contributed by atoms with E-state index >= 15 is 0 Å². The van der Waals surface area contributed by atoms with E-state index in [2.05, 4.69) is 27.2 Å². The summed E-state index contributed by atoms with van der Waals surface area (Å²) in [6, 6.07) is 8.25. The van der Waals surface area contributed by atoms with Gasteiger partial charge >= 0.3 is 0 Å². The van der Waals surface area contributed by atoms with E-state index in [9.17, 15) is 14.7 Å². The van der Waals surface area contributed by atoms with Gasteiger partial charge in [0.05, 0.1) is 30.2 Å². The van der Waals surface area contributed by atoms with Crippen LogP contribution in [0.5, 0.6) is 0 Å². The molecule has 2 aliphatic carbocycles. The molecule has 3 aromatic heterocycles. The fraction of sp³-hybridized carbons (Fsp3) is 0.444. The van der Waals surface area contributed by atoms with Crippen LogP contribution >= 0.6 is 0 Å². The van der Waals surface area contributed by atoms with Crippen molar-refractivity contribution in [3.63, 3.8) is 0 Å². The van der Waals surface area contributed by atoms with E-state index in [0.717, 1.165) is 18.5 Å². The first-order valence-corrected chi connectivity index (χ1v) is 13.0. The summed E-state index contributed by atoms with van der Waals surface area (Å²) in [4.78, 5) is 36.5. The maximum absolute atomic E-state index is 13.2. The number of piperidine rings is 1. The van der Waals surface area contributed by atoms with Crippen molar-refractivity contribution in [1.82, 2.24) is 29.2 Å². The first-order valence-electron chi connectivity index (χ1n) is 13.0. The first kappa shape index (κ1) is 22.4. The molecule has 190 valence electrons. The third-order valence-corrected chi connectivity index (χ3v) is 7.85. The van der Waals surface area contributed by atoms with Crippen molar-refractivity contribution in [3.8, 4) is 5.69 Å². The number of carbonyl (C=O) groups excluding carboxylic acids is 1. The van der Waals surface area contributed by atoms with Gasteiger partial charge in [0.25, 0.3) is 11.5 Å². The molecule has 1 aliphatic heterocycles. The quantitative estimate of drug-likeness (QED) is 0.432. The van der Waals surface area contributed by atoms with E-state index in [0.29, 0.717) is 54.7 Å². The molecule has 0 bridgehead atoms.